The molecule has 5 heteroatoms. The second kappa shape index (κ2) is 5.15. The number of aromatic nitrogens is 1. The molecule has 0 aliphatic carbocycles. The molecule has 1 aliphatic heterocycles. The van der Waals surface area contributed by atoms with Crippen molar-refractivity contribution in [2.75, 3.05) is 18.8 Å². The van der Waals surface area contributed by atoms with Crippen LogP contribution in [-0.4, -0.2) is 34.7 Å². The van der Waals surface area contributed by atoms with Crippen LogP contribution in [0.4, 0.5) is 10.6 Å². The number of hydrogen-bond acceptors (Lipinski definition) is 3. The number of nitrogens with two attached hydrogens (primary N) is 1. The highest BCUT2D eigenvalue weighted by Gasteiger charge is 2.27. The Morgan fingerprint density at radius 1 is 1.42 bits per heavy atom. The SMILES string of the molecule is CC(C)(C)OC(=O)N1CCC(c2c[nH]c(N)c2)CC1. The van der Waals surface area contributed by atoms with Gasteiger partial charge in [0.15, 0.2) is 0 Å². The molecule has 1 fully saturated rings. The van der Waals surface area contributed by atoms with Gasteiger partial charge in [-0.25, -0.2) is 4.79 Å². The molecule has 19 heavy (non-hydrogen) atoms. The molecule has 106 valence electrons. The zero-order chi connectivity index (χ0) is 14.0. The number of piperidine rings is 1. The van der Waals surface area contributed by atoms with Gasteiger partial charge in [-0.15, -0.1) is 0 Å². The molecule has 2 heterocycles. The number of rotatable bonds is 1. The number of ether oxygens (including phenoxy) is 1. The lowest BCUT2D eigenvalue weighted by molar-refractivity contribution is 0.0205. The molecule has 5 nitrogen and oxygen atoms in total. The van der Waals surface area contributed by atoms with E-state index in [0.717, 1.165) is 25.9 Å². The van der Waals surface area contributed by atoms with Crippen molar-refractivity contribution in [1.29, 1.82) is 0 Å². The molecule has 1 aliphatic rings. The number of H-pyrrole nitrogens is 1. The normalized spacial score (nSPS) is 17.5. The van der Waals surface area contributed by atoms with E-state index >= 15 is 0 Å². The van der Waals surface area contributed by atoms with Crippen molar-refractivity contribution < 1.29 is 9.53 Å². The molecule has 1 aromatic heterocycles. The van der Waals surface area contributed by atoms with Crippen LogP contribution in [0.25, 0.3) is 0 Å². The molecular weight excluding hydrogens is 242 g/mol. The number of likely N-dealkylation sites (tertiary alicyclic amines) is 1. The molecule has 1 amide bonds. The van der Waals surface area contributed by atoms with Gasteiger partial charge in [-0.2, -0.15) is 0 Å². The van der Waals surface area contributed by atoms with Gasteiger partial charge in [0.05, 0.1) is 0 Å². The summed E-state index contributed by atoms with van der Waals surface area (Å²) in [6.45, 7) is 7.15. The van der Waals surface area contributed by atoms with Gasteiger partial charge in [-0.3, -0.25) is 0 Å². The van der Waals surface area contributed by atoms with Gasteiger partial charge in [-0.05, 0) is 51.2 Å². The van der Waals surface area contributed by atoms with E-state index in [2.05, 4.69) is 4.98 Å². The Hall–Kier alpha value is -1.65. The largest absolute Gasteiger partial charge is 0.444 e. The average molecular weight is 265 g/mol. The lowest BCUT2D eigenvalue weighted by atomic mass is 9.91. The highest BCUT2D eigenvalue weighted by Crippen LogP contribution is 2.29. The Labute approximate surface area is 114 Å². The van der Waals surface area contributed by atoms with Crippen molar-refractivity contribution in [3.05, 3.63) is 17.8 Å². The third-order valence-electron chi connectivity index (χ3n) is 3.35. The maximum Gasteiger partial charge on any atom is 0.410 e. The van der Waals surface area contributed by atoms with Gasteiger partial charge in [0.25, 0.3) is 0 Å². The van der Waals surface area contributed by atoms with Crippen LogP contribution in [0.2, 0.25) is 0 Å². The summed E-state index contributed by atoms with van der Waals surface area (Å²) in [4.78, 5) is 16.7. The lowest BCUT2D eigenvalue weighted by Crippen LogP contribution is -2.41. The minimum atomic E-state index is -0.428. The van der Waals surface area contributed by atoms with Crippen LogP contribution < -0.4 is 5.73 Å². The van der Waals surface area contributed by atoms with Gasteiger partial charge in [0.1, 0.15) is 11.4 Å². The molecule has 0 unspecified atom stereocenters. The van der Waals surface area contributed by atoms with E-state index in [1.807, 2.05) is 33.0 Å². The van der Waals surface area contributed by atoms with E-state index in [1.165, 1.54) is 5.56 Å². The van der Waals surface area contributed by atoms with E-state index in [-0.39, 0.29) is 6.09 Å². The number of aromatic amines is 1. The van der Waals surface area contributed by atoms with E-state index in [4.69, 9.17) is 10.5 Å². The molecule has 3 N–H and O–H groups in total. The zero-order valence-electron chi connectivity index (χ0n) is 11.9. The molecular formula is C14H23N3O2. The predicted octanol–water partition coefficient (Wildman–Crippen LogP) is 2.71. The lowest BCUT2D eigenvalue weighted by Gasteiger charge is -2.33. The van der Waals surface area contributed by atoms with E-state index in [1.54, 1.807) is 4.90 Å². The third kappa shape index (κ3) is 3.66. The van der Waals surface area contributed by atoms with Crippen LogP contribution in [0.1, 0.15) is 45.1 Å². The summed E-state index contributed by atoms with van der Waals surface area (Å²) in [6, 6.07) is 1.98. The van der Waals surface area contributed by atoms with Gasteiger partial charge >= 0.3 is 6.09 Å². The first-order valence-corrected chi connectivity index (χ1v) is 6.77. The average Bonchev–Trinajstić information content (AvgIpc) is 2.74. The van der Waals surface area contributed by atoms with Crippen LogP contribution in [0, 0.1) is 0 Å². The summed E-state index contributed by atoms with van der Waals surface area (Å²) >= 11 is 0. The fraction of sp³-hybridized carbons (Fsp3) is 0.643. The predicted molar refractivity (Wildman–Crippen MR) is 75.0 cm³/mol. The summed E-state index contributed by atoms with van der Waals surface area (Å²) in [6.07, 6.45) is 3.66. The number of amides is 1. The number of anilines is 1. The summed E-state index contributed by atoms with van der Waals surface area (Å²) in [5.41, 5.74) is 6.50. The fourth-order valence-corrected chi connectivity index (χ4v) is 2.39. The first-order valence-electron chi connectivity index (χ1n) is 6.77. The molecule has 1 saturated heterocycles. The van der Waals surface area contributed by atoms with Crippen LogP contribution in [0.5, 0.6) is 0 Å². The first kappa shape index (κ1) is 13.8. The number of nitrogens with zero attached hydrogens (tertiary/aromatic N) is 1. The van der Waals surface area contributed by atoms with Crippen molar-refractivity contribution in [3.8, 4) is 0 Å². The Morgan fingerprint density at radius 3 is 2.53 bits per heavy atom. The van der Waals surface area contributed by atoms with Crippen molar-refractivity contribution in [2.45, 2.75) is 45.1 Å². The molecule has 0 bridgehead atoms. The number of nitrogen functional groups attached to an aromatic ring is 1. The summed E-state index contributed by atoms with van der Waals surface area (Å²) in [5, 5.41) is 0. The van der Waals surface area contributed by atoms with Crippen LogP contribution >= 0.6 is 0 Å². The summed E-state index contributed by atoms with van der Waals surface area (Å²) < 4.78 is 5.38. The smallest absolute Gasteiger partial charge is 0.410 e. The number of carbonyl (C=O) groups excluding carboxylic acids is 1. The van der Waals surface area contributed by atoms with Gasteiger partial charge in [0.2, 0.25) is 0 Å². The van der Waals surface area contributed by atoms with Gasteiger partial charge in [0, 0.05) is 19.3 Å². The minimum absolute atomic E-state index is 0.209. The van der Waals surface area contributed by atoms with Crippen molar-refractivity contribution >= 4 is 11.9 Å². The summed E-state index contributed by atoms with van der Waals surface area (Å²) in [5.74, 6) is 1.18. The van der Waals surface area contributed by atoms with E-state index in [9.17, 15) is 4.79 Å². The first-order chi connectivity index (χ1) is 8.85. The van der Waals surface area contributed by atoms with Crippen molar-refractivity contribution in [2.24, 2.45) is 0 Å². The molecule has 0 atom stereocenters. The van der Waals surface area contributed by atoms with Gasteiger partial charge in [-0.1, -0.05) is 0 Å². The second-order valence-corrected chi connectivity index (χ2v) is 6.13. The third-order valence-corrected chi connectivity index (χ3v) is 3.35. The number of nitrogens with one attached hydrogen (secondary N) is 1. The van der Waals surface area contributed by atoms with Gasteiger partial charge < -0.3 is 20.4 Å². The van der Waals surface area contributed by atoms with E-state index < -0.39 is 5.60 Å². The molecule has 2 rings (SSSR count). The number of hydrogen-bond donors (Lipinski definition) is 2. The Bertz CT molecular complexity index is 440. The highest BCUT2D eigenvalue weighted by atomic mass is 16.6. The topological polar surface area (TPSA) is 71.3 Å². The monoisotopic (exact) mass is 265 g/mol. The summed E-state index contributed by atoms with van der Waals surface area (Å²) in [7, 11) is 0. The van der Waals surface area contributed by atoms with Crippen LogP contribution in [0.3, 0.4) is 0 Å². The molecule has 0 radical (unpaired) electrons. The molecule has 0 spiro atoms. The maximum absolute atomic E-state index is 11.9. The van der Waals surface area contributed by atoms with Crippen LogP contribution in [0.15, 0.2) is 12.3 Å². The second-order valence-electron chi connectivity index (χ2n) is 6.13. The van der Waals surface area contributed by atoms with E-state index in [0.29, 0.717) is 11.7 Å². The van der Waals surface area contributed by atoms with Crippen molar-refractivity contribution in [3.63, 3.8) is 0 Å². The Morgan fingerprint density at radius 2 is 2.05 bits per heavy atom. The quantitative estimate of drug-likeness (QED) is 0.820. The fourth-order valence-electron chi connectivity index (χ4n) is 2.39. The molecule has 1 aromatic rings. The highest BCUT2D eigenvalue weighted by molar-refractivity contribution is 5.68. The Balaban J connectivity index is 1.87. The standard InChI is InChI=1S/C14H23N3O2/c1-14(2,3)19-13(18)17-6-4-10(5-7-17)11-8-12(15)16-9-11/h8-10,16H,4-7,15H2,1-3H3. The molecule has 0 saturated carbocycles. The zero-order valence-corrected chi connectivity index (χ0v) is 11.9. The minimum Gasteiger partial charge on any atom is -0.444 e. The number of carbonyl (C=O) groups is 1. The molecule has 0 aromatic carbocycles. The maximum atomic E-state index is 11.9. The Kier molecular flexibility index (Phi) is 3.73. The van der Waals surface area contributed by atoms with Crippen LogP contribution in [-0.2, 0) is 4.74 Å². The van der Waals surface area contributed by atoms with Crippen molar-refractivity contribution in [1.82, 2.24) is 9.88 Å².